The molecule has 0 radical (unpaired) electrons. The van der Waals surface area contributed by atoms with E-state index in [4.69, 9.17) is 5.11 Å². The van der Waals surface area contributed by atoms with Gasteiger partial charge in [0.05, 0.1) is 5.97 Å². The largest absolute Gasteiger partial charge is 3.00 e. The molecular weight excluding hydrogens is 351 g/mol. The average molecular weight is 356 g/mol. The van der Waals surface area contributed by atoms with Crippen molar-refractivity contribution in [1.29, 1.82) is 0 Å². The molecule has 14 heavy (non-hydrogen) atoms. The number of carbonyl (C=O) groups is 3. The van der Waals surface area contributed by atoms with Crippen LogP contribution in [0.1, 0.15) is 12.8 Å². The smallest absolute Gasteiger partial charge is 0.550 e. The van der Waals surface area contributed by atoms with Crippen molar-refractivity contribution in [3.05, 3.63) is 0 Å². The van der Waals surface area contributed by atoms with Crippen molar-refractivity contribution in [3.63, 3.8) is 0 Å². The van der Waals surface area contributed by atoms with Crippen LogP contribution < -0.4 is 15.3 Å². The quantitative estimate of drug-likeness (QED) is 0.519. The predicted molar refractivity (Wildman–Crippen MR) is 29.2 cm³/mol. The van der Waals surface area contributed by atoms with Crippen molar-refractivity contribution < 1.29 is 71.7 Å². The van der Waals surface area contributed by atoms with E-state index in [1.54, 1.807) is 0 Å². The van der Waals surface area contributed by atoms with E-state index in [9.17, 15) is 29.7 Å². The first-order chi connectivity index (χ1) is 5.78. The molecule has 0 bridgehead atoms. The van der Waals surface area contributed by atoms with Gasteiger partial charge < -0.3 is 34.8 Å². The van der Waals surface area contributed by atoms with Crippen LogP contribution in [0.2, 0.25) is 0 Å². The van der Waals surface area contributed by atoms with Crippen LogP contribution in [0, 0.1) is 36.9 Å². The number of carboxylic acids is 3. The van der Waals surface area contributed by atoms with Crippen LogP contribution in [0.25, 0.3) is 0 Å². The van der Waals surface area contributed by atoms with Crippen LogP contribution in [0.3, 0.4) is 0 Å². The summed E-state index contributed by atoms with van der Waals surface area (Å²) in [7, 11) is 0. The number of carbonyl (C=O) groups excluding carboxylic acids is 3. The zero-order valence-electron chi connectivity index (χ0n) is 6.59. The minimum Gasteiger partial charge on any atom is -0.550 e. The molecule has 0 aromatic rings. The van der Waals surface area contributed by atoms with Crippen molar-refractivity contribution in [3.8, 4) is 0 Å². The third-order valence-corrected chi connectivity index (χ3v) is 1.25. The van der Waals surface area contributed by atoms with E-state index >= 15 is 0 Å². The van der Waals surface area contributed by atoms with Gasteiger partial charge in [0.2, 0.25) is 0 Å². The Labute approximate surface area is 108 Å². The molecule has 7 nitrogen and oxygen atoms in total. The average Bonchev–Trinajstić information content (AvgIpc) is 1.82. The molecular formula is C6H5O7Tm. The number of rotatable bonds is 5. The van der Waals surface area contributed by atoms with Crippen molar-refractivity contribution in [2.24, 2.45) is 0 Å². The molecule has 0 saturated carbocycles. The van der Waals surface area contributed by atoms with Crippen molar-refractivity contribution in [1.82, 2.24) is 0 Å². The molecule has 0 atom stereocenters. The molecule has 0 spiro atoms. The zero-order chi connectivity index (χ0) is 10.6. The van der Waals surface area contributed by atoms with Crippen LogP contribution >= 0.6 is 0 Å². The van der Waals surface area contributed by atoms with E-state index in [0.29, 0.717) is 0 Å². The van der Waals surface area contributed by atoms with Gasteiger partial charge in [0.15, 0.2) is 0 Å². The van der Waals surface area contributed by atoms with E-state index < -0.39 is 36.4 Å². The summed E-state index contributed by atoms with van der Waals surface area (Å²) in [6.07, 6.45) is -2.72. The van der Waals surface area contributed by atoms with Gasteiger partial charge in [-0.15, -0.1) is 0 Å². The van der Waals surface area contributed by atoms with Gasteiger partial charge in [0.1, 0.15) is 5.60 Å². The summed E-state index contributed by atoms with van der Waals surface area (Å²) in [6.45, 7) is 0. The Morgan fingerprint density at radius 1 is 1.00 bits per heavy atom. The summed E-state index contributed by atoms with van der Waals surface area (Å²) < 4.78 is 0. The van der Waals surface area contributed by atoms with E-state index in [2.05, 4.69) is 0 Å². The fourth-order valence-electron chi connectivity index (χ4n) is 0.684. The minimum atomic E-state index is -2.97. The molecule has 84 valence electrons. The Kier molecular flexibility index (Phi) is 7.06. The fraction of sp³-hybridized carbons (Fsp3) is 0.500. The molecule has 1 N–H and O–H groups in total. The van der Waals surface area contributed by atoms with Crippen LogP contribution in [0.4, 0.5) is 0 Å². The Hall–Kier alpha value is -0.396. The van der Waals surface area contributed by atoms with E-state index in [1.165, 1.54) is 0 Å². The molecule has 0 heterocycles. The predicted octanol–water partition coefficient (Wildman–Crippen LogP) is -5.25. The Morgan fingerprint density at radius 2 is 1.29 bits per heavy atom. The summed E-state index contributed by atoms with van der Waals surface area (Å²) in [5, 5.41) is 38.9. The number of aliphatic carboxylic acids is 3. The van der Waals surface area contributed by atoms with E-state index in [0.717, 1.165) is 0 Å². The molecule has 0 aromatic heterocycles. The first-order valence-corrected chi connectivity index (χ1v) is 3.11. The Balaban J connectivity index is 0. The molecule has 0 aliphatic heterocycles. The number of hydrogen-bond acceptors (Lipinski definition) is 7. The van der Waals surface area contributed by atoms with Gasteiger partial charge in [-0.3, -0.25) is 0 Å². The van der Waals surface area contributed by atoms with Crippen LogP contribution in [-0.2, 0) is 14.4 Å². The van der Waals surface area contributed by atoms with E-state index in [-0.39, 0.29) is 36.9 Å². The zero-order valence-corrected chi connectivity index (χ0v) is 8.37. The monoisotopic (exact) mass is 356 g/mol. The van der Waals surface area contributed by atoms with Crippen LogP contribution in [-0.4, -0.2) is 28.6 Å². The van der Waals surface area contributed by atoms with Crippen LogP contribution in [0.15, 0.2) is 0 Å². The molecule has 0 amide bonds. The summed E-state index contributed by atoms with van der Waals surface area (Å²) in [5.74, 6) is -5.98. The third-order valence-electron chi connectivity index (χ3n) is 1.25. The van der Waals surface area contributed by atoms with Crippen LogP contribution in [0.5, 0.6) is 0 Å². The van der Waals surface area contributed by atoms with Gasteiger partial charge in [0, 0.05) is 24.8 Å². The number of carboxylic acid groups (broad SMARTS) is 3. The maximum absolute atomic E-state index is 10.1. The standard InChI is InChI=1S/C6H8O7.Tm/c7-3(8)1-6(13,5(11)12)2-4(9)10;/h13H,1-2H2,(H,7,8)(H,9,10)(H,11,12);/q;+3/p-3/i;1-2. The summed E-state index contributed by atoms with van der Waals surface area (Å²) in [5.41, 5.74) is -2.97. The maximum atomic E-state index is 10.1. The molecule has 0 fully saturated rings. The van der Waals surface area contributed by atoms with Gasteiger partial charge in [-0.25, -0.2) is 0 Å². The number of aliphatic hydroxyl groups is 1. The van der Waals surface area contributed by atoms with Gasteiger partial charge in [-0.1, -0.05) is 0 Å². The van der Waals surface area contributed by atoms with Gasteiger partial charge in [-0.2, -0.15) is 0 Å². The first kappa shape index (κ1) is 16.0. The van der Waals surface area contributed by atoms with E-state index in [1.807, 2.05) is 0 Å². The summed E-state index contributed by atoms with van der Waals surface area (Å²) >= 11 is 0. The van der Waals surface area contributed by atoms with Crippen molar-refractivity contribution >= 4 is 17.9 Å². The first-order valence-electron chi connectivity index (χ1n) is 3.11. The Morgan fingerprint density at radius 3 is 1.43 bits per heavy atom. The summed E-state index contributed by atoms with van der Waals surface area (Å²) in [4.78, 5) is 30.0. The van der Waals surface area contributed by atoms with Crippen molar-refractivity contribution in [2.75, 3.05) is 0 Å². The normalized spacial score (nSPS) is 10.1. The van der Waals surface area contributed by atoms with Gasteiger partial charge in [-0.05, 0) is 0 Å². The fourth-order valence-corrected chi connectivity index (χ4v) is 0.684. The molecule has 8 heteroatoms. The Bertz CT molecular complexity index is 233. The topological polar surface area (TPSA) is 141 Å². The number of hydrogen-bond donors (Lipinski definition) is 1. The second-order valence-corrected chi connectivity index (χ2v) is 2.42. The van der Waals surface area contributed by atoms with Crippen molar-refractivity contribution in [2.45, 2.75) is 18.4 Å². The molecule has 0 aliphatic carbocycles. The molecule has 0 aliphatic rings. The second-order valence-electron chi connectivity index (χ2n) is 2.42. The maximum Gasteiger partial charge on any atom is 3.00 e. The molecule has 0 rings (SSSR count). The minimum absolute atomic E-state index is 0. The van der Waals surface area contributed by atoms with Gasteiger partial charge in [0.25, 0.3) is 0 Å². The summed E-state index contributed by atoms with van der Waals surface area (Å²) in [6, 6.07) is 0. The molecule has 0 unspecified atom stereocenters. The molecule has 0 aromatic carbocycles. The molecule has 0 saturated heterocycles. The van der Waals surface area contributed by atoms with Gasteiger partial charge >= 0.3 is 36.9 Å². The SMILES string of the molecule is O=C([O-])CC(O)(CC(=O)[O-])C(=O)[O-].[167Tm+3]. The second kappa shape index (κ2) is 6.16. The third kappa shape index (κ3) is 5.36.